The molecule has 0 aliphatic rings. The van der Waals surface area contributed by atoms with E-state index in [4.69, 9.17) is 13.3 Å². The van der Waals surface area contributed by atoms with Gasteiger partial charge in [-0.25, -0.2) is 4.98 Å². The van der Waals surface area contributed by atoms with E-state index >= 15 is 0 Å². The van der Waals surface area contributed by atoms with Crippen LogP contribution < -0.4 is 0 Å². The molecule has 0 aliphatic carbocycles. The summed E-state index contributed by atoms with van der Waals surface area (Å²) < 4.78 is 19.0. The van der Waals surface area contributed by atoms with E-state index in [0.717, 1.165) is 28.7 Å². The first kappa shape index (κ1) is 27.1. The van der Waals surface area contributed by atoms with Crippen molar-refractivity contribution >= 4 is 91.2 Å². The number of aryl methyl sites for hydroxylation is 2. The molecular formula is C20H25NO3S7Si. The van der Waals surface area contributed by atoms with Crippen LogP contribution in [0.25, 0.3) is 10.2 Å². The van der Waals surface area contributed by atoms with Gasteiger partial charge >= 0.3 is 8.80 Å². The molecule has 0 N–H and O–H groups in total. The van der Waals surface area contributed by atoms with E-state index in [-0.39, 0.29) is 0 Å². The van der Waals surface area contributed by atoms with Crippen molar-refractivity contribution in [2.45, 2.75) is 35.0 Å². The number of aromatic nitrogens is 1. The van der Waals surface area contributed by atoms with Gasteiger partial charge < -0.3 is 13.3 Å². The molecule has 0 saturated carbocycles. The minimum absolute atomic E-state index is 0.811. The van der Waals surface area contributed by atoms with Gasteiger partial charge in [-0.15, -0.1) is 11.3 Å². The van der Waals surface area contributed by atoms with Crippen molar-refractivity contribution in [2.24, 2.45) is 0 Å². The number of fused-ring (bicyclic) bond motifs is 1. The van der Waals surface area contributed by atoms with E-state index in [2.05, 4.69) is 48.3 Å². The van der Waals surface area contributed by atoms with Crippen LogP contribution >= 0.6 is 72.2 Å². The Morgan fingerprint density at radius 3 is 2.34 bits per heavy atom. The summed E-state index contributed by atoms with van der Waals surface area (Å²) in [5.41, 5.74) is 3.74. The van der Waals surface area contributed by atoms with Crippen LogP contribution in [0.5, 0.6) is 0 Å². The minimum Gasteiger partial charge on any atom is -0.377 e. The van der Waals surface area contributed by atoms with Crippen molar-refractivity contribution in [3.8, 4) is 0 Å². The smallest absolute Gasteiger partial charge is 0.377 e. The highest BCUT2D eigenvalue weighted by Crippen LogP contribution is 2.56. The van der Waals surface area contributed by atoms with Gasteiger partial charge in [0.15, 0.2) is 4.34 Å². The zero-order valence-corrected chi connectivity index (χ0v) is 24.9. The summed E-state index contributed by atoms with van der Waals surface area (Å²) >= 11 is 1.75. The Hall–Kier alpha value is 0.527. The molecule has 0 amide bonds. The Kier molecular flexibility index (Phi) is 12.0. The monoisotopic (exact) mass is 579 g/mol. The quantitative estimate of drug-likeness (QED) is 0.105. The third-order valence-corrected chi connectivity index (χ3v) is 19.4. The summed E-state index contributed by atoms with van der Waals surface area (Å²) in [6.45, 7) is 2.14. The topological polar surface area (TPSA) is 40.6 Å². The molecule has 0 unspecified atom stereocenters. The lowest BCUT2D eigenvalue weighted by Crippen LogP contribution is -2.42. The SMILES string of the molecule is CO[Si](CCCc1cc(C)ccc1SSSSSSc1nc2ccccc2s1)(OC)OC. The molecule has 0 fully saturated rings. The minimum atomic E-state index is -2.51. The highest BCUT2D eigenvalue weighted by Gasteiger charge is 2.36. The van der Waals surface area contributed by atoms with Crippen molar-refractivity contribution in [1.82, 2.24) is 4.98 Å². The molecule has 32 heavy (non-hydrogen) atoms. The summed E-state index contributed by atoms with van der Waals surface area (Å²) in [6, 6.07) is 15.8. The van der Waals surface area contributed by atoms with Gasteiger partial charge in [-0.1, -0.05) is 29.8 Å². The van der Waals surface area contributed by atoms with Crippen LogP contribution in [-0.2, 0) is 19.7 Å². The van der Waals surface area contributed by atoms with Crippen LogP contribution in [-0.4, -0.2) is 35.1 Å². The molecule has 4 nitrogen and oxygen atoms in total. The van der Waals surface area contributed by atoms with Gasteiger partial charge in [0.2, 0.25) is 0 Å². The number of para-hydroxylation sites is 1. The molecule has 0 bridgehead atoms. The first-order valence-corrected chi connectivity index (χ1v) is 19.9. The van der Waals surface area contributed by atoms with Gasteiger partial charge in [0.05, 0.1) is 10.2 Å². The molecule has 3 aromatic rings. The number of thiazole rings is 1. The summed E-state index contributed by atoms with van der Waals surface area (Å²) in [4.78, 5) is 5.98. The molecule has 2 aromatic carbocycles. The predicted molar refractivity (Wildman–Crippen MR) is 153 cm³/mol. The summed E-state index contributed by atoms with van der Waals surface area (Å²) in [5.74, 6) is 0. The molecule has 0 aliphatic heterocycles. The lowest BCUT2D eigenvalue weighted by Gasteiger charge is -2.24. The fourth-order valence-electron chi connectivity index (χ4n) is 3.04. The van der Waals surface area contributed by atoms with E-state index in [0.29, 0.717) is 0 Å². The molecule has 174 valence electrons. The largest absolute Gasteiger partial charge is 0.500 e. The van der Waals surface area contributed by atoms with Gasteiger partial charge in [-0.3, -0.25) is 0 Å². The van der Waals surface area contributed by atoms with E-state index < -0.39 is 8.80 Å². The molecule has 0 radical (unpaired) electrons. The molecule has 1 heterocycles. The normalized spacial score (nSPS) is 12.0. The Morgan fingerprint density at radius 2 is 1.62 bits per heavy atom. The van der Waals surface area contributed by atoms with Crippen molar-refractivity contribution in [1.29, 1.82) is 0 Å². The first-order valence-electron chi connectivity index (χ1n) is 9.71. The summed E-state index contributed by atoms with van der Waals surface area (Å²) in [5, 5.41) is 0. The van der Waals surface area contributed by atoms with Gasteiger partial charge in [-0.05, 0) is 104 Å². The summed E-state index contributed by atoms with van der Waals surface area (Å²) in [6.07, 6.45) is 1.95. The maximum absolute atomic E-state index is 5.55. The van der Waals surface area contributed by atoms with Crippen molar-refractivity contribution in [2.75, 3.05) is 21.3 Å². The average Bonchev–Trinajstić information content (AvgIpc) is 3.23. The van der Waals surface area contributed by atoms with Crippen LogP contribution in [0.2, 0.25) is 6.04 Å². The summed E-state index contributed by atoms with van der Waals surface area (Å²) in [7, 11) is 13.2. The number of hydrogen-bond donors (Lipinski definition) is 0. The van der Waals surface area contributed by atoms with Gasteiger partial charge in [0.1, 0.15) is 0 Å². The van der Waals surface area contributed by atoms with Crippen molar-refractivity contribution in [3.63, 3.8) is 0 Å². The second-order valence-corrected chi connectivity index (χ2v) is 20.3. The maximum atomic E-state index is 5.55. The van der Waals surface area contributed by atoms with Gasteiger partial charge in [0.25, 0.3) is 0 Å². The second-order valence-electron chi connectivity index (χ2n) is 6.65. The number of nitrogens with zero attached hydrogens (tertiary/aromatic N) is 1. The van der Waals surface area contributed by atoms with E-state index in [1.54, 1.807) is 82.8 Å². The molecular weight excluding hydrogens is 555 g/mol. The zero-order chi connectivity index (χ0) is 22.8. The Morgan fingerprint density at radius 1 is 0.906 bits per heavy atom. The molecule has 1 aromatic heterocycles. The van der Waals surface area contributed by atoms with Gasteiger partial charge in [-0.2, -0.15) is 0 Å². The first-order chi connectivity index (χ1) is 15.6. The maximum Gasteiger partial charge on any atom is 0.500 e. The third kappa shape index (κ3) is 8.04. The highest BCUT2D eigenvalue weighted by molar-refractivity contribution is 9.41. The molecule has 3 rings (SSSR count). The fourth-order valence-corrected chi connectivity index (χ4v) is 17.5. The van der Waals surface area contributed by atoms with E-state index in [1.807, 2.05) is 16.9 Å². The molecule has 0 atom stereocenters. The van der Waals surface area contributed by atoms with Crippen LogP contribution in [0, 0.1) is 6.92 Å². The highest BCUT2D eigenvalue weighted by atomic mass is 33.9. The molecule has 12 heteroatoms. The Bertz CT molecular complexity index is 945. The van der Waals surface area contributed by atoms with Gasteiger partial charge in [0, 0.05) is 32.3 Å². The Labute approximate surface area is 217 Å². The number of rotatable bonds is 14. The number of benzene rings is 2. The molecule has 0 spiro atoms. The molecule has 0 saturated heterocycles. The predicted octanol–water partition coefficient (Wildman–Crippen LogP) is 8.81. The third-order valence-electron chi connectivity index (χ3n) is 4.66. The zero-order valence-electron chi connectivity index (χ0n) is 18.2. The lowest BCUT2D eigenvalue weighted by molar-refractivity contribution is 0.123. The van der Waals surface area contributed by atoms with Crippen molar-refractivity contribution in [3.05, 3.63) is 53.6 Å². The second kappa shape index (κ2) is 14.2. The number of hydrogen-bond acceptors (Lipinski definition) is 11. The van der Waals surface area contributed by atoms with Crippen LogP contribution in [0.3, 0.4) is 0 Å². The van der Waals surface area contributed by atoms with E-state index in [1.165, 1.54) is 20.7 Å². The lowest BCUT2D eigenvalue weighted by atomic mass is 10.1. The van der Waals surface area contributed by atoms with Crippen molar-refractivity contribution < 1.29 is 13.3 Å². The average molecular weight is 580 g/mol. The standard InChI is InChI=1S/C20H25NO3S7Si/c1-15-11-12-18(16(14-15)8-7-13-32(22-2,23-3)24-4)26-28-30-31-29-27-20-21-17-9-5-6-10-19(17)25-20/h5-6,9-12,14H,7-8,13H2,1-4H3. The van der Waals surface area contributed by atoms with E-state index in [9.17, 15) is 0 Å². The van der Waals surface area contributed by atoms with Crippen LogP contribution in [0.15, 0.2) is 51.7 Å². The van der Waals surface area contributed by atoms with Crippen LogP contribution in [0.1, 0.15) is 17.5 Å². The Balaban J connectivity index is 1.42. The van der Waals surface area contributed by atoms with Crippen LogP contribution in [0.4, 0.5) is 0 Å². The fraction of sp³-hybridized carbons (Fsp3) is 0.350.